The van der Waals surface area contributed by atoms with Gasteiger partial charge < -0.3 is 0 Å². The van der Waals surface area contributed by atoms with Crippen molar-refractivity contribution in [3.63, 3.8) is 0 Å². The molecule has 100 valence electrons. The largest absolute Gasteiger partial charge is 0.268 e. The quantitative estimate of drug-likeness (QED) is 0.714. The lowest BCUT2D eigenvalue weighted by molar-refractivity contribution is 0.0875. The standard InChI is InChI=1S/C18H12N2O/c21-18-13-8-2-1-7-12(13)17-19-14-9-3-5-11-6-4-10-15(16(11)14)20(17)18/h1-11,16H. The predicted molar refractivity (Wildman–Crippen MR) is 80.6 cm³/mol. The van der Waals surface area contributed by atoms with Gasteiger partial charge in [-0.2, -0.15) is 0 Å². The molecule has 0 radical (unpaired) electrons. The Hall–Kier alpha value is -2.68. The summed E-state index contributed by atoms with van der Waals surface area (Å²) in [5.74, 6) is 1.28. The molecule has 2 atom stereocenters. The maximum Gasteiger partial charge on any atom is 0.264 e. The van der Waals surface area contributed by atoms with E-state index >= 15 is 0 Å². The van der Waals surface area contributed by atoms with Crippen molar-refractivity contribution < 1.29 is 4.79 Å². The minimum Gasteiger partial charge on any atom is -0.268 e. The molecule has 0 saturated carbocycles. The summed E-state index contributed by atoms with van der Waals surface area (Å²) in [6.45, 7) is 0. The number of hydrogen-bond acceptors (Lipinski definition) is 2. The summed E-state index contributed by atoms with van der Waals surface area (Å²) in [6, 6.07) is 7.72. The zero-order valence-corrected chi connectivity index (χ0v) is 11.2. The molecular formula is C18H12N2O. The maximum absolute atomic E-state index is 12.7. The van der Waals surface area contributed by atoms with E-state index in [0.717, 1.165) is 28.4 Å². The van der Waals surface area contributed by atoms with Gasteiger partial charge in [-0.1, -0.05) is 42.5 Å². The van der Waals surface area contributed by atoms with Gasteiger partial charge in [-0.3, -0.25) is 9.69 Å². The van der Waals surface area contributed by atoms with E-state index in [1.165, 1.54) is 0 Å². The summed E-state index contributed by atoms with van der Waals surface area (Å²) in [6.07, 6.45) is 12.6. The van der Waals surface area contributed by atoms with Crippen molar-refractivity contribution in [2.45, 2.75) is 0 Å². The van der Waals surface area contributed by atoms with Gasteiger partial charge >= 0.3 is 0 Å². The first kappa shape index (κ1) is 11.0. The molecule has 5 rings (SSSR count). The average molecular weight is 272 g/mol. The first-order valence-electron chi connectivity index (χ1n) is 7.14. The summed E-state index contributed by atoms with van der Waals surface area (Å²) in [5.41, 5.74) is 3.78. The molecule has 2 aliphatic carbocycles. The van der Waals surface area contributed by atoms with Crippen molar-refractivity contribution in [3.05, 3.63) is 83.2 Å². The van der Waals surface area contributed by atoms with Gasteiger partial charge in [-0.15, -0.1) is 0 Å². The highest BCUT2D eigenvalue weighted by atomic mass is 16.2. The number of amidine groups is 1. The smallest absolute Gasteiger partial charge is 0.264 e. The number of carbonyl (C=O) groups is 1. The maximum atomic E-state index is 12.7. The van der Waals surface area contributed by atoms with Crippen molar-refractivity contribution in [1.29, 1.82) is 0 Å². The van der Waals surface area contributed by atoms with Crippen LogP contribution in [0, 0.1) is 11.8 Å². The van der Waals surface area contributed by atoms with Gasteiger partial charge in [0.1, 0.15) is 5.84 Å². The lowest BCUT2D eigenvalue weighted by atomic mass is 9.79. The highest BCUT2D eigenvalue weighted by molar-refractivity contribution is 6.25. The number of fused-ring (bicyclic) bond motifs is 4. The minimum atomic E-state index is 0.0400. The molecule has 21 heavy (non-hydrogen) atoms. The second-order valence-corrected chi connectivity index (χ2v) is 5.63. The molecule has 2 heterocycles. The van der Waals surface area contributed by atoms with Crippen LogP contribution in [0.25, 0.3) is 0 Å². The number of benzene rings is 1. The molecule has 0 aromatic heterocycles. The van der Waals surface area contributed by atoms with Crippen molar-refractivity contribution in [2.75, 3.05) is 0 Å². The van der Waals surface area contributed by atoms with E-state index in [-0.39, 0.29) is 11.8 Å². The van der Waals surface area contributed by atoms with Gasteiger partial charge in [0.15, 0.2) is 0 Å². The fourth-order valence-electron chi connectivity index (χ4n) is 3.60. The van der Waals surface area contributed by atoms with E-state index in [0.29, 0.717) is 5.92 Å². The van der Waals surface area contributed by atoms with Gasteiger partial charge in [0.25, 0.3) is 5.91 Å². The van der Waals surface area contributed by atoms with Crippen LogP contribution in [0.3, 0.4) is 0 Å². The van der Waals surface area contributed by atoms with Gasteiger partial charge in [0.05, 0.1) is 17.2 Å². The van der Waals surface area contributed by atoms with Crippen molar-refractivity contribution in [2.24, 2.45) is 16.8 Å². The van der Waals surface area contributed by atoms with E-state index < -0.39 is 0 Å². The molecule has 4 aliphatic rings. The highest BCUT2D eigenvalue weighted by Gasteiger charge is 2.44. The van der Waals surface area contributed by atoms with Crippen molar-refractivity contribution in [3.8, 4) is 0 Å². The van der Waals surface area contributed by atoms with Crippen LogP contribution in [0.1, 0.15) is 15.9 Å². The first-order valence-corrected chi connectivity index (χ1v) is 7.14. The van der Waals surface area contributed by atoms with E-state index in [4.69, 9.17) is 4.99 Å². The zero-order valence-electron chi connectivity index (χ0n) is 11.2. The molecule has 0 spiro atoms. The normalized spacial score (nSPS) is 27.5. The lowest BCUT2D eigenvalue weighted by Gasteiger charge is -2.38. The predicted octanol–water partition coefficient (Wildman–Crippen LogP) is 3.04. The Morgan fingerprint density at radius 2 is 1.76 bits per heavy atom. The Kier molecular flexibility index (Phi) is 1.94. The summed E-state index contributed by atoms with van der Waals surface area (Å²) in [5, 5.41) is 0. The fourth-order valence-corrected chi connectivity index (χ4v) is 3.60. The average Bonchev–Trinajstić information content (AvgIpc) is 2.82. The van der Waals surface area contributed by atoms with Crippen LogP contribution in [-0.4, -0.2) is 16.6 Å². The molecule has 0 fully saturated rings. The number of carbonyl (C=O) groups excluding carboxylic acids is 1. The topological polar surface area (TPSA) is 32.7 Å². The van der Waals surface area contributed by atoms with Crippen LogP contribution in [-0.2, 0) is 0 Å². The van der Waals surface area contributed by atoms with Gasteiger partial charge in [-0.05, 0) is 18.2 Å². The van der Waals surface area contributed by atoms with Gasteiger partial charge in [0.2, 0.25) is 0 Å². The van der Waals surface area contributed by atoms with E-state index in [9.17, 15) is 4.79 Å². The van der Waals surface area contributed by atoms with Gasteiger partial charge in [0, 0.05) is 17.2 Å². The summed E-state index contributed by atoms with van der Waals surface area (Å²) >= 11 is 0. The molecule has 2 aliphatic heterocycles. The van der Waals surface area contributed by atoms with Crippen molar-refractivity contribution in [1.82, 2.24) is 4.90 Å². The van der Waals surface area contributed by atoms with Gasteiger partial charge in [-0.25, -0.2) is 4.99 Å². The van der Waals surface area contributed by atoms with Crippen LogP contribution in [0.5, 0.6) is 0 Å². The molecule has 0 N–H and O–H groups in total. The second-order valence-electron chi connectivity index (χ2n) is 5.63. The Morgan fingerprint density at radius 1 is 1.00 bits per heavy atom. The van der Waals surface area contributed by atoms with E-state index in [1.54, 1.807) is 4.90 Å². The molecule has 3 nitrogen and oxygen atoms in total. The molecule has 1 amide bonds. The summed E-state index contributed by atoms with van der Waals surface area (Å²) < 4.78 is 0. The van der Waals surface area contributed by atoms with Crippen LogP contribution in [0.4, 0.5) is 0 Å². The van der Waals surface area contributed by atoms with Crippen molar-refractivity contribution >= 4 is 11.7 Å². The molecule has 0 saturated heterocycles. The Balaban J connectivity index is 1.81. The van der Waals surface area contributed by atoms with E-state index in [1.807, 2.05) is 36.4 Å². The lowest BCUT2D eigenvalue weighted by Crippen LogP contribution is -2.40. The number of hydrogen-bond donors (Lipinski definition) is 0. The number of allylic oxidation sites excluding steroid dienone is 6. The Labute approximate surface area is 122 Å². The highest BCUT2D eigenvalue weighted by Crippen LogP contribution is 2.44. The van der Waals surface area contributed by atoms with Crippen LogP contribution in [0.15, 0.2) is 77.1 Å². The SMILES string of the molecule is O=C1c2ccccc2C2=NC3=CC=CC4C=CC=C(C34)N12. The Morgan fingerprint density at radius 3 is 2.62 bits per heavy atom. The minimum absolute atomic E-state index is 0.0400. The zero-order chi connectivity index (χ0) is 14.0. The van der Waals surface area contributed by atoms with Crippen LogP contribution < -0.4 is 0 Å². The Bertz CT molecular complexity index is 839. The third-order valence-electron chi connectivity index (χ3n) is 4.53. The molecule has 1 aromatic rings. The molecule has 2 unspecified atom stereocenters. The first-order chi connectivity index (χ1) is 10.3. The number of nitrogens with zero attached hydrogens (tertiary/aromatic N) is 2. The second kappa shape index (κ2) is 3.70. The molecular weight excluding hydrogens is 260 g/mol. The third kappa shape index (κ3) is 1.28. The number of aliphatic imine (C=N–C) groups is 1. The molecule has 0 bridgehead atoms. The fraction of sp³-hybridized carbons (Fsp3) is 0.111. The molecule has 3 heteroatoms. The third-order valence-corrected chi connectivity index (χ3v) is 4.53. The number of rotatable bonds is 0. The van der Waals surface area contributed by atoms with Crippen LogP contribution in [0.2, 0.25) is 0 Å². The van der Waals surface area contributed by atoms with Crippen LogP contribution >= 0.6 is 0 Å². The summed E-state index contributed by atoms with van der Waals surface area (Å²) in [4.78, 5) is 19.3. The summed E-state index contributed by atoms with van der Waals surface area (Å²) in [7, 11) is 0. The van der Waals surface area contributed by atoms with E-state index in [2.05, 4.69) is 24.3 Å². The molecule has 1 aromatic carbocycles. The number of amides is 1. The monoisotopic (exact) mass is 272 g/mol.